The molecule has 9 N–H and O–H groups in total. The number of thioether (sulfide) groups is 1. The van der Waals surface area contributed by atoms with Crippen molar-refractivity contribution in [3.63, 3.8) is 0 Å². The second kappa shape index (κ2) is 16.0. The van der Waals surface area contributed by atoms with Crippen LogP contribution in [-0.2, 0) is 35.2 Å². The number of H-pyrrole nitrogens is 1. The quantitative estimate of drug-likeness (QED) is 0.107. The minimum atomic E-state index is -1.18. The molecule has 5 amide bonds. The summed E-state index contributed by atoms with van der Waals surface area (Å²) in [5.74, 6) is -3.88. The van der Waals surface area contributed by atoms with Crippen LogP contribution in [0.5, 0.6) is 0 Å². The van der Waals surface area contributed by atoms with Crippen molar-refractivity contribution in [2.45, 2.75) is 24.9 Å². The highest BCUT2D eigenvalue weighted by molar-refractivity contribution is 7.98. The summed E-state index contributed by atoms with van der Waals surface area (Å²) in [6.45, 7) is -1.77. The number of nitrogens with zero attached hydrogens (tertiary/aromatic N) is 1. The van der Waals surface area contributed by atoms with Crippen LogP contribution in [0.4, 0.5) is 0 Å². The topological polar surface area (TPSA) is 238 Å². The van der Waals surface area contributed by atoms with Crippen molar-refractivity contribution in [3.8, 4) is 0 Å². The number of carbonyl (C=O) groups excluding carboxylic acids is 5. The van der Waals surface area contributed by atoms with Crippen molar-refractivity contribution in [1.82, 2.24) is 36.6 Å². The van der Waals surface area contributed by atoms with Crippen molar-refractivity contribution in [3.05, 3.63) is 18.2 Å². The van der Waals surface area contributed by atoms with Gasteiger partial charge in [0.1, 0.15) is 6.04 Å². The molecular weight excluding hydrogens is 484 g/mol. The fourth-order valence-corrected chi connectivity index (χ4v) is 2.96. The normalized spacial score (nSPS) is 12.1. The minimum absolute atomic E-state index is 0.206. The van der Waals surface area contributed by atoms with Gasteiger partial charge < -0.3 is 42.4 Å². The Labute approximate surface area is 205 Å². The Kier molecular flexibility index (Phi) is 13.5. The molecule has 1 aromatic rings. The van der Waals surface area contributed by atoms with E-state index in [0.29, 0.717) is 11.4 Å². The minimum Gasteiger partial charge on any atom is -0.480 e. The van der Waals surface area contributed by atoms with Gasteiger partial charge in [0, 0.05) is 18.3 Å². The molecule has 0 aliphatic rings. The zero-order chi connectivity index (χ0) is 26.2. The third-order valence-corrected chi connectivity index (χ3v) is 4.98. The lowest BCUT2D eigenvalue weighted by Gasteiger charge is -2.14. The summed E-state index contributed by atoms with van der Waals surface area (Å²) in [5.41, 5.74) is 6.40. The molecule has 35 heavy (non-hydrogen) atoms. The van der Waals surface area contributed by atoms with Crippen LogP contribution in [0.3, 0.4) is 0 Å². The van der Waals surface area contributed by atoms with Gasteiger partial charge in [0.25, 0.3) is 0 Å². The smallest absolute Gasteiger partial charge is 0.326 e. The zero-order valence-corrected chi connectivity index (χ0v) is 19.9. The Bertz CT molecular complexity index is 881. The maximum absolute atomic E-state index is 11.9. The average molecular weight is 515 g/mol. The highest BCUT2D eigenvalue weighted by Crippen LogP contribution is 2.00. The number of carbonyl (C=O) groups is 6. The first-order valence-corrected chi connectivity index (χ1v) is 11.8. The zero-order valence-electron chi connectivity index (χ0n) is 19.1. The van der Waals surface area contributed by atoms with Crippen molar-refractivity contribution < 1.29 is 33.9 Å². The summed E-state index contributed by atoms with van der Waals surface area (Å²) < 4.78 is 0. The third kappa shape index (κ3) is 13.0. The Balaban J connectivity index is 2.19. The summed E-state index contributed by atoms with van der Waals surface area (Å²) in [7, 11) is 0. The van der Waals surface area contributed by atoms with Gasteiger partial charge in [-0.3, -0.25) is 24.0 Å². The van der Waals surface area contributed by atoms with Crippen LogP contribution in [0.25, 0.3) is 0 Å². The van der Waals surface area contributed by atoms with Gasteiger partial charge in [0.15, 0.2) is 0 Å². The third-order valence-electron chi connectivity index (χ3n) is 4.34. The van der Waals surface area contributed by atoms with Crippen molar-refractivity contribution in [2.24, 2.45) is 5.73 Å². The van der Waals surface area contributed by atoms with Gasteiger partial charge in [-0.05, 0) is 18.4 Å². The molecule has 1 heterocycles. The average Bonchev–Trinajstić information content (AvgIpc) is 3.33. The van der Waals surface area contributed by atoms with Gasteiger partial charge in [-0.25, -0.2) is 9.78 Å². The fourth-order valence-electron chi connectivity index (χ4n) is 2.49. The number of nitrogens with two attached hydrogens (primary N) is 1. The van der Waals surface area contributed by atoms with E-state index < -0.39 is 73.8 Å². The van der Waals surface area contributed by atoms with E-state index in [1.807, 2.05) is 0 Å². The number of aliphatic carboxylic acids is 1. The molecule has 0 spiro atoms. The summed E-state index contributed by atoms with van der Waals surface area (Å²) in [6.07, 6.45) is 5.22. The molecule has 0 aliphatic heterocycles. The first kappa shape index (κ1) is 29.4. The summed E-state index contributed by atoms with van der Waals surface area (Å²) in [4.78, 5) is 76.7. The molecule has 0 fully saturated rings. The van der Waals surface area contributed by atoms with E-state index in [-0.39, 0.29) is 12.8 Å². The molecule has 194 valence electrons. The second-order valence-corrected chi connectivity index (χ2v) is 8.16. The number of aromatic nitrogens is 2. The number of imidazole rings is 1. The van der Waals surface area contributed by atoms with Crippen molar-refractivity contribution in [2.75, 3.05) is 38.2 Å². The summed E-state index contributed by atoms with van der Waals surface area (Å²) >= 11 is 1.44. The molecule has 0 unspecified atom stereocenters. The van der Waals surface area contributed by atoms with E-state index in [4.69, 9.17) is 10.8 Å². The van der Waals surface area contributed by atoms with Gasteiger partial charge in [0.05, 0.1) is 38.5 Å². The molecule has 0 radical (unpaired) electrons. The Morgan fingerprint density at radius 2 is 1.51 bits per heavy atom. The Morgan fingerprint density at radius 3 is 2.00 bits per heavy atom. The first-order chi connectivity index (χ1) is 16.6. The predicted octanol–water partition coefficient (Wildman–Crippen LogP) is -3.93. The van der Waals surface area contributed by atoms with Gasteiger partial charge in [-0.15, -0.1) is 0 Å². The second-order valence-electron chi connectivity index (χ2n) is 7.18. The van der Waals surface area contributed by atoms with E-state index >= 15 is 0 Å². The van der Waals surface area contributed by atoms with E-state index in [2.05, 4.69) is 36.6 Å². The number of aromatic amines is 1. The number of carboxylic acids is 1. The number of hydrogen-bond donors (Lipinski definition) is 8. The van der Waals surface area contributed by atoms with Crippen LogP contribution in [0, 0.1) is 0 Å². The molecule has 0 aliphatic carbocycles. The van der Waals surface area contributed by atoms with Crippen LogP contribution in [0.1, 0.15) is 12.1 Å². The van der Waals surface area contributed by atoms with Crippen LogP contribution >= 0.6 is 11.8 Å². The molecule has 0 aromatic carbocycles. The van der Waals surface area contributed by atoms with Gasteiger partial charge >= 0.3 is 5.97 Å². The number of carboxylic acid groups (broad SMARTS) is 1. The molecule has 0 bridgehead atoms. The number of rotatable bonds is 16. The summed E-state index contributed by atoms with van der Waals surface area (Å²) in [6, 6.07) is -1.95. The lowest BCUT2D eigenvalue weighted by Crippen LogP contribution is -2.48. The maximum atomic E-state index is 11.9. The molecule has 15 nitrogen and oxygen atoms in total. The molecule has 1 rings (SSSR count). The van der Waals surface area contributed by atoms with E-state index in [1.165, 1.54) is 24.3 Å². The number of amides is 5. The fraction of sp³-hybridized carbons (Fsp3) is 0.526. The monoisotopic (exact) mass is 514 g/mol. The molecule has 0 saturated carbocycles. The van der Waals surface area contributed by atoms with Crippen LogP contribution in [0.15, 0.2) is 12.5 Å². The maximum Gasteiger partial charge on any atom is 0.326 e. The Hall–Kier alpha value is -3.66. The van der Waals surface area contributed by atoms with E-state index in [9.17, 15) is 28.8 Å². The van der Waals surface area contributed by atoms with E-state index in [0.717, 1.165) is 0 Å². The standard InChI is InChI=1S/C19H30N8O7S/c1-35-3-2-13(19(33)34)27-17(31)9-24-15(29)7-22-14(28)6-23-16(30)8-25-18(32)12(20)4-11-5-21-10-26-11/h5,10,12-13H,2-4,6-9,20H2,1H3,(H,21,26)(H,22,28)(H,23,30)(H,24,29)(H,25,32)(H,27,31)(H,33,34)/t12-,13-/m0/s1. The highest BCUT2D eigenvalue weighted by atomic mass is 32.2. The van der Waals surface area contributed by atoms with Crippen LogP contribution in [0.2, 0.25) is 0 Å². The molecule has 16 heteroatoms. The molecular formula is C19H30N8O7S. The van der Waals surface area contributed by atoms with Crippen LogP contribution in [-0.4, -0.2) is 101 Å². The van der Waals surface area contributed by atoms with Crippen LogP contribution < -0.4 is 32.3 Å². The molecule has 1 aromatic heterocycles. The first-order valence-electron chi connectivity index (χ1n) is 10.4. The summed E-state index contributed by atoms with van der Waals surface area (Å²) in [5, 5.41) is 20.5. The van der Waals surface area contributed by atoms with E-state index in [1.54, 1.807) is 6.26 Å². The van der Waals surface area contributed by atoms with Crippen molar-refractivity contribution in [1.29, 1.82) is 0 Å². The largest absolute Gasteiger partial charge is 0.480 e. The van der Waals surface area contributed by atoms with Gasteiger partial charge in [0.2, 0.25) is 29.5 Å². The number of hydrogen-bond acceptors (Lipinski definition) is 9. The molecule has 0 saturated heterocycles. The predicted molar refractivity (Wildman–Crippen MR) is 125 cm³/mol. The SMILES string of the molecule is CSCC[C@H](NC(=O)CNC(=O)CNC(=O)CNC(=O)CNC(=O)[C@@H](N)Cc1cnc[nH]1)C(=O)O. The Morgan fingerprint density at radius 1 is 0.971 bits per heavy atom. The van der Waals surface area contributed by atoms with Gasteiger partial charge in [-0.2, -0.15) is 11.8 Å². The lowest BCUT2D eigenvalue weighted by atomic mass is 10.1. The van der Waals surface area contributed by atoms with Gasteiger partial charge in [-0.1, -0.05) is 0 Å². The lowest BCUT2D eigenvalue weighted by molar-refractivity contribution is -0.141. The van der Waals surface area contributed by atoms with Crippen molar-refractivity contribution >= 4 is 47.3 Å². The highest BCUT2D eigenvalue weighted by Gasteiger charge is 2.20. The number of nitrogens with one attached hydrogen (secondary N) is 6. The molecule has 2 atom stereocenters.